The van der Waals surface area contributed by atoms with E-state index >= 15 is 0 Å². The van der Waals surface area contributed by atoms with Crippen molar-refractivity contribution >= 4 is 17.3 Å². The summed E-state index contributed by atoms with van der Waals surface area (Å²) in [6.07, 6.45) is 1.84. The summed E-state index contributed by atoms with van der Waals surface area (Å²) in [4.78, 5) is 2.38. The highest BCUT2D eigenvalue weighted by atomic mass is 35.5. The second-order valence-corrected chi connectivity index (χ2v) is 7.15. The third-order valence-electron chi connectivity index (χ3n) is 3.75. The molecule has 0 fully saturated rings. The monoisotopic (exact) mass is 311 g/mol. The summed E-state index contributed by atoms with van der Waals surface area (Å²) in [6, 6.07) is 5.91. The Morgan fingerprint density at radius 1 is 1.00 bits per heavy atom. The van der Waals surface area contributed by atoms with Gasteiger partial charge in [-0.15, -0.1) is 0 Å². The van der Waals surface area contributed by atoms with E-state index in [1.165, 1.54) is 0 Å². The lowest BCUT2D eigenvalue weighted by molar-refractivity contribution is 0.199. The lowest BCUT2D eigenvalue weighted by Gasteiger charge is -2.28. The Balaban J connectivity index is 2.90. The number of aliphatic hydroxyl groups excluding tert-OH is 1. The van der Waals surface area contributed by atoms with E-state index in [2.05, 4.69) is 32.6 Å². The molecule has 120 valence electrons. The average molecular weight is 312 g/mol. The molecule has 0 heterocycles. The summed E-state index contributed by atoms with van der Waals surface area (Å²) in [5, 5.41) is 10.4. The molecular formula is C18H30ClNO. The summed E-state index contributed by atoms with van der Waals surface area (Å²) >= 11 is 6.45. The van der Waals surface area contributed by atoms with Crippen LogP contribution in [-0.4, -0.2) is 18.2 Å². The lowest BCUT2D eigenvalue weighted by Crippen LogP contribution is -2.27. The molecule has 0 spiro atoms. The second kappa shape index (κ2) is 8.65. The first-order valence-electron chi connectivity index (χ1n) is 8.03. The highest BCUT2D eigenvalue weighted by Gasteiger charge is 2.13. The van der Waals surface area contributed by atoms with E-state index in [1.807, 2.05) is 18.2 Å². The van der Waals surface area contributed by atoms with Crippen molar-refractivity contribution in [2.75, 3.05) is 18.0 Å². The van der Waals surface area contributed by atoms with Gasteiger partial charge in [0.15, 0.2) is 0 Å². The minimum Gasteiger partial charge on any atom is -0.389 e. The first kappa shape index (κ1) is 18.3. The van der Waals surface area contributed by atoms with Crippen LogP contribution in [0.4, 0.5) is 5.69 Å². The molecule has 1 aromatic rings. The zero-order valence-corrected chi connectivity index (χ0v) is 14.8. The molecule has 1 N–H and O–H groups in total. The Morgan fingerprint density at radius 2 is 1.52 bits per heavy atom. The number of benzene rings is 1. The fraction of sp³-hybridized carbons (Fsp3) is 0.667. The summed E-state index contributed by atoms with van der Waals surface area (Å²) in [7, 11) is 0. The lowest BCUT2D eigenvalue weighted by atomic mass is 10.1. The van der Waals surface area contributed by atoms with Gasteiger partial charge >= 0.3 is 0 Å². The van der Waals surface area contributed by atoms with Crippen LogP contribution in [0.25, 0.3) is 0 Å². The molecule has 0 aliphatic carbocycles. The Kier molecular flexibility index (Phi) is 7.55. The summed E-state index contributed by atoms with van der Waals surface area (Å²) < 4.78 is 0. The van der Waals surface area contributed by atoms with Gasteiger partial charge in [0.05, 0.1) is 16.8 Å². The standard InChI is InChI=1S/C18H30ClNO/c1-13(2)8-10-20(11-9-14(3)4)18-7-6-16(15(5)21)12-17(18)19/h6-7,12-15,21H,8-11H2,1-5H3. The zero-order valence-electron chi connectivity index (χ0n) is 14.1. The van der Waals surface area contributed by atoms with Crippen molar-refractivity contribution in [2.24, 2.45) is 11.8 Å². The van der Waals surface area contributed by atoms with Gasteiger partial charge in [0.25, 0.3) is 0 Å². The first-order valence-corrected chi connectivity index (χ1v) is 8.41. The summed E-state index contributed by atoms with van der Waals surface area (Å²) in [5.74, 6) is 1.36. The van der Waals surface area contributed by atoms with E-state index < -0.39 is 6.10 Å². The van der Waals surface area contributed by atoms with Gasteiger partial charge < -0.3 is 10.0 Å². The highest BCUT2D eigenvalue weighted by Crippen LogP contribution is 2.30. The molecule has 1 atom stereocenters. The molecule has 0 bridgehead atoms. The smallest absolute Gasteiger partial charge is 0.0762 e. The van der Waals surface area contributed by atoms with Gasteiger partial charge in [0.1, 0.15) is 0 Å². The van der Waals surface area contributed by atoms with E-state index in [-0.39, 0.29) is 0 Å². The molecule has 2 nitrogen and oxygen atoms in total. The van der Waals surface area contributed by atoms with Gasteiger partial charge in [-0.1, -0.05) is 45.4 Å². The number of hydrogen-bond acceptors (Lipinski definition) is 2. The summed E-state index contributed by atoms with van der Waals surface area (Å²) in [5.41, 5.74) is 1.96. The fourth-order valence-corrected chi connectivity index (χ4v) is 2.53. The number of anilines is 1. The van der Waals surface area contributed by atoms with Crippen molar-refractivity contribution < 1.29 is 5.11 Å². The normalized spacial score (nSPS) is 13.0. The Bertz CT molecular complexity index is 417. The van der Waals surface area contributed by atoms with Crippen LogP contribution in [0.1, 0.15) is 59.1 Å². The maximum Gasteiger partial charge on any atom is 0.0762 e. The molecule has 0 aliphatic heterocycles. The second-order valence-electron chi connectivity index (χ2n) is 6.74. The fourth-order valence-electron chi connectivity index (χ4n) is 2.22. The molecule has 1 unspecified atom stereocenters. The third-order valence-corrected chi connectivity index (χ3v) is 4.05. The highest BCUT2D eigenvalue weighted by molar-refractivity contribution is 6.33. The van der Waals surface area contributed by atoms with Crippen LogP contribution >= 0.6 is 11.6 Å². The van der Waals surface area contributed by atoms with Crippen LogP contribution < -0.4 is 4.90 Å². The van der Waals surface area contributed by atoms with Crippen molar-refractivity contribution in [3.63, 3.8) is 0 Å². The third kappa shape index (κ3) is 6.27. The largest absolute Gasteiger partial charge is 0.389 e. The van der Waals surface area contributed by atoms with Crippen molar-refractivity contribution in [3.05, 3.63) is 28.8 Å². The Hall–Kier alpha value is -0.730. The molecule has 0 aliphatic rings. The Morgan fingerprint density at radius 3 is 1.90 bits per heavy atom. The maximum atomic E-state index is 9.66. The van der Waals surface area contributed by atoms with Gasteiger partial charge in [-0.2, -0.15) is 0 Å². The molecule has 0 saturated heterocycles. The first-order chi connectivity index (χ1) is 9.81. The van der Waals surface area contributed by atoms with Crippen molar-refractivity contribution in [1.82, 2.24) is 0 Å². The van der Waals surface area contributed by atoms with Crippen molar-refractivity contribution in [2.45, 2.75) is 53.6 Å². The number of hydrogen-bond donors (Lipinski definition) is 1. The number of rotatable bonds is 8. The van der Waals surface area contributed by atoms with Crippen LogP contribution in [0.15, 0.2) is 18.2 Å². The maximum absolute atomic E-state index is 9.66. The minimum absolute atomic E-state index is 0.476. The Labute approximate surface area is 135 Å². The number of aliphatic hydroxyl groups is 1. The number of nitrogens with zero attached hydrogens (tertiary/aromatic N) is 1. The van der Waals surface area contributed by atoms with Gasteiger partial charge in [0.2, 0.25) is 0 Å². The molecule has 3 heteroatoms. The molecule has 0 aromatic heterocycles. The van der Waals surface area contributed by atoms with Gasteiger partial charge in [0, 0.05) is 13.1 Å². The van der Waals surface area contributed by atoms with E-state index in [9.17, 15) is 5.11 Å². The molecular weight excluding hydrogens is 282 g/mol. The summed E-state index contributed by atoms with van der Waals surface area (Å²) in [6.45, 7) is 12.8. The predicted octanol–water partition coefficient (Wildman–Crippen LogP) is 5.29. The quantitative estimate of drug-likeness (QED) is 0.705. The van der Waals surface area contributed by atoms with Crippen LogP contribution in [0.3, 0.4) is 0 Å². The van der Waals surface area contributed by atoms with E-state index in [0.717, 1.165) is 42.2 Å². The number of halogens is 1. The van der Waals surface area contributed by atoms with Crippen LogP contribution in [0.5, 0.6) is 0 Å². The van der Waals surface area contributed by atoms with Gasteiger partial charge in [-0.05, 0) is 49.3 Å². The van der Waals surface area contributed by atoms with Crippen molar-refractivity contribution in [1.29, 1.82) is 0 Å². The van der Waals surface area contributed by atoms with Gasteiger partial charge in [-0.3, -0.25) is 0 Å². The molecule has 1 rings (SSSR count). The zero-order chi connectivity index (χ0) is 16.0. The van der Waals surface area contributed by atoms with Crippen LogP contribution in [0, 0.1) is 11.8 Å². The molecule has 21 heavy (non-hydrogen) atoms. The van der Waals surface area contributed by atoms with Crippen LogP contribution in [0.2, 0.25) is 5.02 Å². The van der Waals surface area contributed by atoms with E-state index in [4.69, 9.17) is 11.6 Å². The minimum atomic E-state index is -0.476. The van der Waals surface area contributed by atoms with E-state index in [0.29, 0.717) is 11.8 Å². The molecule has 0 amide bonds. The van der Waals surface area contributed by atoms with Gasteiger partial charge in [-0.25, -0.2) is 0 Å². The molecule has 0 saturated carbocycles. The van der Waals surface area contributed by atoms with Crippen molar-refractivity contribution in [3.8, 4) is 0 Å². The van der Waals surface area contributed by atoms with E-state index in [1.54, 1.807) is 6.92 Å². The average Bonchev–Trinajstić information content (AvgIpc) is 2.38. The molecule has 0 radical (unpaired) electrons. The SMILES string of the molecule is CC(C)CCN(CCC(C)C)c1ccc(C(C)O)cc1Cl. The topological polar surface area (TPSA) is 23.5 Å². The molecule has 1 aromatic carbocycles. The predicted molar refractivity (Wildman–Crippen MR) is 93.2 cm³/mol. The van der Waals surface area contributed by atoms with Crippen LogP contribution in [-0.2, 0) is 0 Å².